The maximum absolute atomic E-state index is 6.01. The van der Waals surface area contributed by atoms with Crippen molar-refractivity contribution < 1.29 is 0 Å². The van der Waals surface area contributed by atoms with Crippen LogP contribution < -0.4 is 0 Å². The first-order chi connectivity index (χ1) is 11.7. The molecule has 0 fully saturated rings. The molecule has 0 saturated heterocycles. The van der Waals surface area contributed by atoms with Gasteiger partial charge in [0, 0.05) is 26.6 Å². The predicted molar refractivity (Wildman–Crippen MR) is 100 cm³/mol. The summed E-state index contributed by atoms with van der Waals surface area (Å²) in [5, 5.41) is 2.41. The third-order valence-electron chi connectivity index (χ3n) is 3.82. The minimum Gasteiger partial charge on any atom is -0.228 e. The van der Waals surface area contributed by atoms with Gasteiger partial charge in [-0.25, -0.2) is 9.97 Å². The van der Waals surface area contributed by atoms with E-state index in [2.05, 4.69) is 0 Å². The standard InChI is InChI=1S/C20H12Cl2N2/c21-15-9-5-13(6-10-15)19-17-3-1-2-4-18(17)23-20(24-19)14-7-11-16(22)12-8-14/h1-12H. The molecule has 0 aliphatic rings. The molecule has 0 bridgehead atoms. The first-order valence-corrected chi connectivity index (χ1v) is 8.25. The van der Waals surface area contributed by atoms with E-state index >= 15 is 0 Å². The highest BCUT2D eigenvalue weighted by atomic mass is 35.5. The van der Waals surface area contributed by atoms with Crippen molar-refractivity contribution in [3.8, 4) is 22.6 Å². The van der Waals surface area contributed by atoms with Crippen LogP contribution in [0.15, 0.2) is 72.8 Å². The third-order valence-corrected chi connectivity index (χ3v) is 4.33. The summed E-state index contributed by atoms with van der Waals surface area (Å²) in [4.78, 5) is 9.50. The zero-order chi connectivity index (χ0) is 16.5. The highest BCUT2D eigenvalue weighted by molar-refractivity contribution is 6.31. The van der Waals surface area contributed by atoms with Gasteiger partial charge >= 0.3 is 0 Å². The summed E-state index contributed by atoms with van der Waals surface area (Å²) in [6.07, 6.45) is 0. The average molecular weight is 351 g/mol. The molecule has 1 heterocycles. The summed E-state index contributed by atoms with van der Waals surface area (Å²) in [7, 11) is 0. The molecule has 2 nitrogen and oxygen atoms in total. The number of nitrogens with zero attached hydrogens (tertiary/aromatic N) is 2. The van der Waals surface area contributed by atoms with Crippen LogP contribution >= 0.6 is 23.2 Å². The number of aromatic nitrogens is 2. The van der Waals surface area contributed by atoms with Gasteiger partial charge < -0.3 is 0 Å². The summed E-state index contributed by atoms with van der Waals surface area (Å²) in [5.41, 5.74) is 3.73. The van der Waals surface area contributed by atoms with Crippen molar-refractivity contribution in [3.63, 3.8) is 0 Å². The molecule has 0 amide bonds. The smallest absolute Gasteiger partial charge is 0.160 e. The summed E-state index contributed by atoms with van der Waals surface area (Å²) >= 11 is 12.0. The fourth-order valence-corrected chi connectivity index (χ4v) is 2.88. The van der Waals surface area contributed by atoms with Gasteiger partial charge in [-0.15, -0.1) is 0 Å². The Morgan fingerprint density at radius 2 is 1.17 bits per heavy atom. The first-order valence-electron chi connectivity index (χ1n) is 7.49. The molecule has 4 rings (SSSR count). The molecule has 0 saturated carbocycles. The van der Waals surface area contributed by atoms with E-state index < -0.39 is 0 Å². The Balaban J connectivity index is 1.97. The Kier molecular flexibility index (Phi) is 3.93. The molecule has 0 N–H and O–H groups in total. The van der Waals surface area contributed by atoms with E-state index in [-0.39, 0.29) is 0 Å². The van der Waals surface area contributed by atoms with Crippen molar-refractivity contribution >= 4 is 34.1 Å². The lowest BCUT2D eigenvalue weighted by Gasteiger charge is -2.09. The van der Waals surface area contributed by atoms with Crippen molar-refractivity contribution in [1.29, 1.82) is 0 Å². The molecule has 0 aliphatic heterocycles. The van der Waals surface area contributed by atoms with Gasteiger partial charge in [-0.1, -0.05) is 53.5 Å². The zero-order valence-electron chi connectivity index (χ0n) is 12.6. The lowest BCUT2D eigenvalue weighted by atomic mass is 10.1. The van der Waals surface area contributed by atoms with Gasteiger partial charge in [0.1, 0.15) is 0 Å². The molecule has 0 unspecified atom stereocenters. The van der Waals surface area contributed by atoms with Crippen LogP contribution in [0.3, 0.4) is 0 Å². The quantitative estimate of drug-likeness (QED) is 0.425. The highest BCUT2D eigenvalue weighted by Gasteiger charge is 2.11. The maximum atomic E-state index is 6.01. The first kappa shape index (κ1) is 15.1. The zero-order valence-corrected chi connectivity index (χ0v) is 14.1. The van der Waals surface area contributed by atoms with E-state index in [4.69, 9.17) is 33.2 Å². The lowest BCUT2D eigenvalue weighted by Crippen LogP contribution is -1.95. The Morgan fingerprint density at radius 3 is 1.83 bits per heavy atom. The van der Waals surface area contributed by atoms with Crippen LogP contribution in [-0.2, 0) is 0 Å². The largest absolute Gasteiger partial charge is 0.228 e. The molecular formula is C20H12Cl2N2. The maximum Gasteiger partial charge on any atom is 0.160 e. The highest BCUT2D eigenvalue weighted by Crippen LogP contribution is 2.30. The van der Waals surface area contributed by atoms with Gasteiger partial charge in [0.15, 0.2) is 5.82 Å². The fraction of sp³-hybridized carbons (Fsp3) is 0. The minimum atomic E-state index is 0.676. The normalized spacial score (nSPS) is 10.9. The second kappa shape index (κ2) is 6.23. The van der Waals surface area contributed by atoms with Gasteiger partial charge in [0.2, 0.25) is 0 Å². The molecule has 0 atom stereocenters. The number of halogens is 2. The number of hydrogen-bond donors (Lipinski definition) is 0. The number of rotatable bonds is 2. The van der Waals surface area contributed by atoms with Gasteiger partial charge in [0.25, 0.3) is 0 Å². The van der Waals surface area contributed by atoms with Gasteiger partial charge in [-0.2, -0.15) is 0 Å². The average Bonchev–Trinajstić information content (AvgIpc) is 2.62. The molecule has 0 radical (unpaired) electrons. The van der Waals surface area contributed by atoms with E-state index in [1.165, 1.54) is 0 Å². The molecule has 0 aliphatic carbocycles. The van der Waals surface area contributed by atoms with Crippen LogP contribution in [0, 0.1) is 0 Å². The van der Waals surface area contributed by atoms with Crippen LogP contribution in [0.2, 0.25) is 10.0 Å². The van der Waals surface area contributed by atoms with Crippen molar-refractivity contribution in [2.45, 2.75) is 0 Å². The van der Waals surface area contributed by atoms with Gasteiger partial charge in [-0.05, 0) is 42.5 Å². The minimum absolute atomic E-state index is 0.676. The summed E-state index contributed by atoms with van der Waals surface area (Å²) in [6.45, 7) is 0. The molecule has 24 heavy (non-hydrogen) atoms. The number of hydrogen-bond acceptors (Lipinski definition) is 2. The topological polar surface area (TPSA) is 25.8 Å². The molecule has 4 heteroatoms. The Morgan fingerprint density at radius 1 is 0.583 bits per heavy atom. The van der Waals surface area contributed by atoms with E-state index in [9.17, 15) is 0 Å². The van der Waals surface area contributed by atoms with Crippen molar-refractivity contribution in [2.24, 2.45) is 0 Å². The number of benzene rings is 3. The number of fused-ring (bicyclic) bond motifs is 1. The van der Waals surface area contributed by atoms with Crippen LogP contribution in [0.25, 0.3) is 33.5 Å². The van der Waals surface area contributed by atoms with Crippen LogP contribution in [0.5, 0.6) is 0 Å². The summed E-state index contributed by atoms with van der Waals surface area (Å²) in [6, 6.07) is 23.2. The summed E-state index contributed by atoms with van der Waals surface area (Å²) in [5.74, 6) is 0.676. The lowest BCUT2D eigenvalue weighted by molar-refractivity contribution is 1.23. The fourth-order valence-electron chi connectivity index (χ4n) is 2.63. The Bertz CT molecular complexity index is 1010. The monoisotopic (exact) mass is 350 g/mol. The summed E-state index contributed by atoms with van der Waals surface area (Å²) < 4.78 is 0. The van der Waals surface area contributed by atoms with Gasteiger partial charge in [-0.3, -0.25) is 0 Å². The molecule has 0 spiro atoms. The van der Waals surface area contributed by atoms with E-state index in [0.29, 0.717) is 15.9 Å². The third kappa shape index (κ3) is 2.86. The Labute approximate surface area is 149 Å². The molecule has 1 aromatic heterocycles. The van der Waals surface area contributed by atoms with Crippen molar-refractivity contribution in [1.82, 2.24) is 9.97 Å². The van der Waals surface area contributed by atoms with Crippen LogP contribution in [-0.4, -0.2) is 9.97 Å². The van der Waals surface area contributed by atoms with Gasteiger partial charge in [0.05, 0.1) is 11.2 Å². The van der Waals surface area contributed by atoms with E-state index in [0.717, 1.165) is 27.7 Å². The SMILES string of the molecule is Clc1ccc(-c2nc(-c3ccc(Cl)cc3)c3ccccc3n2)cc1. The second-order valence-electron chi connectivity index (χ2n) is 5.43. The van der Waals surface area contributed by atoms with Crippen molar-refractivity contribution in [2.75, 3.05) is 0 Å². The van der Waals surface area contributed by atoms with E-state index in [1.807, 2.05) is 72.8 Å². The molecule has 116 valence electrons. The second-order valence-corrected chi connectivity index (χ2v) is 6.30. The molecular weight excluding hydrogens is 339 g/mol. The van der Waals surface area contributed by atoms with Crippen LogP contribution in [0.1, 0.15) is 0 Å². The molecule has 3 aromatic carbocycles. The number of para-hydroxylation sites is 1. The molecule has 4 aromatic rings. The van der Waals surface area contributed by atoms with Crippen LogP contribution in [0.4, 0.5) is 0 Å². The van der Waals surface area contributed by atoms with Crippen molar-refractivity contribution in [3.05, 3.63) is 82.8 Å². The van der Waals surface area contributed by atoms with E-state index in [1.54, 1.807) is 0 Å². The predicted octanol–water partition coefficient (Wildman–Crippen LogP) is 6.27. The Hall–Kier alpha value is -2.42.